The van der Waals surface area contributed by atoms with Crippen LogP contribution in [0.2, 0.25) is 0 Å². The van der Waals surface area contributed by atoms with Gasteiger partial charge in [0.15, 0.2) is 21.4 Å². The lowest BCUT2D eigenvalue weighted by molar-refractivity contribution is 0.389. The number of benzene rings is 1. The second kappa shape index (κ2) is 9.56. The average Bonchev–Trinajstić information content (AvgIpc) is 2.74. The quantitative estimate of drug-likeness (QED) is 0.503. The van der Waals surface area contributed by atoms with Gasteiger partial charge in [0, 0.05) is 24.9 Å². The van der Waals surface area contributed by atoms with E-state index in [9.17, 15) is 22.0 Å². The Labute approximate surface area is 184 Å². The molecule has 0 saturated heterocycles. The van der Waals surface area contributed by atoms with Crippen molar-refractivity contribution in [2.45, 2.75) is 32.4 Å². The van der Waals surface area contributed by atoms with Gasteiger partial charge in [-0.2, -0.15) is 14.4 Å². The van der Waals surface area contributed by atoms with Crippen LogP contribution in [0.25, 0.3) is 11.3 Å². The normalized spacial score (nSPS) is 11.5. The van der Waals surface area contributed by atoms with Crippen molar-refractivity contribution >= 4 is 9.84 Å². The predicted octanol–water partition coefficient (Wildman–Crippen LogP) is 3.94. The molecule has 0 aliphatic carbocycles. The monoisotopic (exact) mass is 463 g/mol. The first-order valence-corrected chi connectivity index (χ1v) is 11.8. The van der Waals surface area contributed by atoms with Crippen molar-refractivity contribution < 1.29 is 21.9 Å². The number of halogens is 2. The Morgan fingerprint density at radius 2 is 1.88 bits per heavy atom. The van der Waals surface area contributed by atoms with Gasteiger partial charge in [-0.1, -0.05) is 19.4 Å². The molecule has 0 bridgehead atoms. The third-order valence-electron chi connectivity index (χ3n) is 4.76. The van der Waals surface area contributed by atoms with Gasteiger partial charge in [-0.3, -0.25) is 4.79 Å². The van der Waals surface area contributed by atoms with Crippen LogP contribution in [0, 0.1) is 18.6 Å². The zero-order valence-corrected chi connectivity index (χ0v) is 18.7. The summed E-state index contributed by atoms with van der Waals surface area (Å²) in [7, 11) is -1.90. The maximum atomic E-state index is 14.3. The summed E-state index contributed by atoms with van der Waals surface area (Å²) in [6.45, 7) is 3.42. The molecule has 7 nitrogen and oxygen atoms in total. The Balaban J connectivity index is 2.09. The molecule has 0 spiro atoms. The Morgan fingerprint density at radius 3 is 2.56 bits per heavy atom. The molecule has 0 radical (unpaired) electrons. The van der Waals surface area contributed by atoms with E-state index in [0.29, 0.717) is 17.5 Å². The van der Waals surface area contributed by atoms with Crippen LogP contribution < -0.4 is 10.3 Å². The van der Waals surface area contributed by atoms with E-state index in [0.717, 1.165) is 12.5 Å². The van der Waals surface area contributed by atoms with Crippen molar-refractivity contribution in [3.8, 4) is 23.0 Å². The zero-order chi connectivity index (χ0) is 23.5. The van der Waals surface area contributed by atoms with E-state index in [1.165, 1.54) is 42.0 Å². The lowest BCUT2D eigenvalue weighted by Crippen LogP contribution is -2.14. The largest absolute Gasteiger partial charge is 0.421 e. The van der Waals surface area contributed by atoms with Crippen molar-refractivity contribution in [1.82, 2.24) is 14.5 Å². The minimum Gasteiger partial charge on any atom is -0.421 e. The average molecular weight is 464 g/mol. The van der Waals surface area contributed by atoms with Gasteiger partial charge in [0.2, 0.25) is 11.4 Å². The van der Waals surface area contributed by atoms with Gasteiger partial charge in [-0.05, 0) is 37.1 Å². The van der Waals surface area contributed by atoms with Crippen LogP contribution in [0.4, 0.5) is 8.78 Å². The van der Waals surface area contributed by atoms with Crippen LogP contribution in [0.1, 0.15) is 31.0 Å². The number of nitrogens with zero attached hydrogens (tertiary/aromatic N) is 3. The fourth-order valence-corrected chi connectivity index (χ4v) is 4.46. The zero-order valence-electron chi connectivity index (χ0n) is 17.9. The number of aryl methyl sites for hydroxylation is 2. The van der Waals surface area contributed by atoms with Crippen LogP contribution >= 0.6 is 0 Å². The summed E-state index contributed by atoms with van der Waals surface area (Å²) >= 11 is 0. The molecule has 0 aliphatic rings. The van der Waals surface area contributed by atoms with Crippen LogP contribution in [0.15, 0.2) is 41.3 Å². The molecule has 1 aromatic carbocycles. The van der Waals surface area contributed by atoms with Crippen LogP contribution in [-0.4, -0.2) is 28.7 Å². The topological polar surface area (TPSA) is 91.2 Å². The van der Waals surface area contributed by atoms with Crippen molar-refractivity contribution in [1.29, 1.82) is 0 Å². The van der Waals surface area contributed by atoms with Crippen molar-refractivity contribution in [3.63, 3.8) is 0 Å². The van der Waals surface area contributed by atoms with Gasteiger partial charge in [-0.25, -0.2) is 12.8 Å². The standard InChI is InChI=1S/C22H23F2N3O4S/c1-4-5-10-32(29,30)13-16-11-18(15-7-9-19(28)27(3)12-15)26-22(25-16)31-21-14(2)6-8-17(23)20(21)24/h6-9,11-12H,4-5,10,13H2,1-3H3. The summed E-state index contributed by atoms with van der Waals surface area (Å²) < 4.78 is 59.7. The first-order chi connectivity index (χ1) is 15.1. The lowest BCUT2D eigenvalue weighted by Gasteiger charge is -2.12. The molecule has 0 amide bonds. The van der Waals surface area contributed by atoms with E-state index in [2.05, 4.69) is 9.97 Å². The van der Waals surface area contributed by atoms with Gasteiger partial charge in [0.1, 0.15) is 0 Å². The molecule has 0 saturated carbocycles. The first-order valence-electron chi connectivity index (χ1n) is 9.97. The summed E-state index contributed by atoms with van der Waals surface area (Å²) in [5.74, 6) is -3.05. The second-order valence-electron chi connectivity index (χ2n) is 7.45. The minimum absolute atomic E-state index is 0.00347. The second-order valence-corrected chi connectivity index (χ2v) is 9.63. The molecule has 3 rings (SSSR count). The Kier molecular flexibility index (Phi) is 7.02. The number of hydrogen-bond acceptors (Lipinski definition) is 6. The van der Waals surface area contributed by atoms with E-state index in [1.54, 1.807) is 7.05 Å². The smallest absolute Gasteiger partial charge is 0.322 e. The van der Waals surface area contributed by atoms with Crippen molar-refractivity contribution in [3.05, 3.63) is 69.8 Å². The summed E-state index contributed by atoms with van der Waals surface area (Å²) in [6, 6.07) is 6.34. The molecule has 3 aromatic rings. The molecule has 10 heteroatoms. The minimum atomic E-state index is -3.46. The highest BCUT2D eigenvalue weighted by Gasteiger charge is 2.19. The van der Waals surface area contributed by atoms with Gasteiger partial charge in [0.05, 0.1) is 22.9 Å². The van der Waals surface area contributed by atoms with Gasteiger partial charge < -0.3 is 9.30 Å². The maximum Gasteiger partial charge on any atom is 0.322 e. The Hall–Kier alpha value is -3.14. The highest BCUT2D eigenvalue weighted by atomic mass is 32.2. The Bertz CT molecular complexity index is 1310. The third kappa shape index (κ3) is 5.56. The molecule has 32 heavy (non-hydrogen) atoms. The van der Waals surface area contributed by atoms with Crippen molar-refractivity contribution in [2.75, 3.05) is 5.75 Å². The molecule has 0 atom stereocenters. The van der Waals surface area contributed by atoms with E-state index < -0.39 is 21.5 Å². The van der Waals surface area contributed by atoms with Crippen LogP contribution in [-0.2, 0) is 22.6 Å². The van der Waals surface area contributed by atoms with Gasteiger partial charge in [0.25, 0.3) is 0 Å². The van der Waals surface area contributed by atoms with Gasteiger partial charge >= 0.3 is 6.01 Å². The molecule has 0 unspecified atom stereocenters. The summed E-state index contributed by atoms with van der Waals surface area (Å²) in [5.41, 5.74) is 1.00. The number of aromatic nitrogens is 3. The van der Waals surface area contributed by atoms with E-state index in [1.807, 2.05) is 6.92 Å². The molecule has 2 aromatic heterocycles. The molecule has 170 valence electrons. The van der Waals surface area contributed by atoms with E-state index >= 15 is 0 Å². The number of pyridine rings is 1. The number of sulfone groups is 1. The fraction of sp³-hybridized carbons (Fsp3) is 0.318. The van der Waals surface area contributed by atoms with Crippen molar-refractivity contribution in [2.24, 2.45) is 7.05 Å². The highest BCUT2D eigenvalue weighted by Crippen LogP contribution is 2.29. The molecular formula is C22H23F2N3O4S. The number of ether oxygens (including phenoxy) is 1. The van der Waals surface area contributed by atoms with E-state index in [4.69, 9.17) is 4.74 Å². The maximum absolute atomic E-state index is 14.3. The number of unbranched alkanes of at least 4 members (excludes halogenated alkanes) is 1. The number of hydrogen-bond donors (Lipinski definition) is 0. The van der Waals surface area contributed by atoms with Crippen LogP contribution in [0.3, 0.4) is 0 Å². The summed E-state index contributed by atoms with van der Waals surface area (Å²) in [6.07, 6.45) is 2.76. The van der Waals surface area contributed by atoms with E-state index in [-0.39, 0.29) is 40.2 Å². The van der Waals surface area contributed by atoms with Crippen LogP contribution in [0.5, 0.6) is 11.8 Å². The third-order valence-corrected chi connectivity index (χ3v) is 6.40. The fourth-order valence-electron chi connectivity index (χ4n) is 2.99. The molecule has 0 N–H and O–H groups in total. The first kappa shape index (κ1) is 23.5. The molecule has 0 fully saturated rings. The highest BCUT2D eigenvalue weighted by molar-refractivity contribution is 7.90. The lowest BCUT2D eigenvalue weighted by atomic mass is 10.2. The SMILES string of the molecule is CCCCS(=O)(=O)Cc1cc(-c2ccc(=O)n(C)c2)nc(Oc2c(C)ccc(F)c2F)n1. The number of rotatable bonds is 8. The summed E-state index contributed by atoms with van der Waals surface area (Å²) in [5, 5.41) is 0. The summed E-state index contributed by atoms with van der Waals surface area (Å²) in [4.78, 5) is 20.1. The Morgan fingerprint density at radius 1 is 1.12 bits per heavy atom. The molecule has 2 heterocycles. The molecule has 0 aliphatic heterocycles. The predicted molar refractivity (Wildman–Crippen MR) is 116 cm³/mol. The van der Waals surface area contributed by atoms with Gasteiger partial charge in [-0.15, -0.1) is 0 Å². The molecular weight excluding hydrogens is 440 g/mol.